The number of carbonyl (C=O) groups is 3. The van der Waals surface area contributed by atoms with E-state index < -0.39 is 30.3 Å². The predicted molar refractivity (Wildman–Crippen MR) is 129 cm³/mol. The van der Waals surface area contributed by atoms with E-state index in [1.165, 1.54) is 0 Å². The van der Waals surface area contributed by atoms with Crippen LogP contribution in [-0.4, -0.2) is 59.3 Å². The van der Waals surface area contributed by atoms with Gasteiger partial charge in [-0.2, -0.15) is 5.21 Å². The van der Waals surface area contributed by atoms with Gasteiger partial charge < -0.3 is 20.1 Å². The molecule has 11 nitrogen and oxygen atoms in total. The van der Waals surface area contributed by atoms with Gasteiger partial charge in [-0.15, -0.1) is 10.2 Å². The molecule has 2 heterocycles. The van der Waals surface area contributed by atoms with Crippen LogP contribution in [0, 0.1) is 0 Å². The number of aromatic nitrogens is 5. The molecule has 180 valence electrons. The van der Waals surface area contributed by atoms with Gasteiger partial charge in [0.05, 0.1) is 6.42 Å². The average Bonchev–Trinajstić information content (AvgIpc) is 3.51. The number of hydrogen-bond acceptors (Lipinski definition) is 6. The number of H-pyrrole nitrogens is 1. The van der Waals surface area contributed by atoms with E-state index in [-0.39, 0.29) is 5.56 Å². The monoisotopic (exact) mass is 484 g/mol. The SMILES string of the molecule is O=C(O)CC(NC(=O)c1ccc(Cn2c3ccccc3c3cc(-c4nn[nH]n4)ccc32)cc1)C(=O)O. The Morgan fingerprint density at radius 2 is 1.69 bits per heavy atom. The van der Waals surface area contributed by atoms with Crippen molar-refractivity contribution >= 4 is 39.7 Å². The summed E-state index contributed by atoms with van der Waals surface area (Å²) in [5.74, 6) is -2.86. The number of aromatic amines is 1. The van der Waals surface area contributed by atoms with Gasteiger partial charge in [-0.25, -0.2) is 4.79 Å². The minimum absolute atomic E-state index is 0.238. The molecule has 1 unspecified atom stereocenters. The minimum Gasteiger partial charge on any atom is -0.481 e. The maximum atomic E-state index is 12.5. The largest absolute Gasteiger partial charge is 0.481 e. The summed E-state index contributed by atoms with van der Waals surface area (Å²) in [5, 5.41) is 36.6. The third-order valence-corrected chi connectivity index (χ3v) is 5.91. The number of amides is 1. The van der Waals surface area contributed by atoms with Gasteiger partial charge in [-0.05, 0) is 47.2 Å². The number of hydrogen-bond donors (Lipinski definition) is 4. The lowest BCUT2D eigenvalue weighted by atomic mass is 10.1. The van der Waals surface area contributed by atoms with Crippen LogP contribution in [0.3, 0.4) is 0 Å². The van der Waals surface area contributed by atoms with E-state index in [1.54, 1.807) is 24.3 Å². The molecule has 11 heteroatoms. The van der Waals surface area contributed by atoms with Gasteiger partial charge in [-0.1, -0.05) is 30.3 Å². The zero-order chi connectivity index (χ0) is 25.2. The van der Waals surface area contributed by atoms with Gasteiger partial charge in [0.15, 0.2) is 0 Å². The molecule has 0 radical (unpaired) electrons. The van der Waals surface area contributed by atoms with E-state index in [1.807, 2.05) is 36.4 Å². The van der Waals surface area contributed by atoms with Crippen molar-refractivity contribution in [2.45, 2.75) is 19.0 Å². The molecular weight excluding hydrogens is 464 g/mol. The molecule has 5 aromatic rings. The Morgan fingerprint density at radius 1 is 0.944 bits per heavy atom. The fourth-order valence-electron chi connectivity index (χ4n) is 4.21. The van der Waals surface area contributed by atoms with Crippen LogP contribution in [-0.2, 0) is 16.1 Å². The minimum atomic E-state index is -1.51. The molecule has 3 aromatic carbocycles. The second-order valence-electron chi connectivity index (χ2n) is 8.23. The molecule has 5 rings (SSSR count). The molecule has 0 saturated carbocycles. The van der Waals surface area contributed by atoms with E-state index in [0.717, 1.165) is 32.9 Å². The third kappa shape index (κ3) is 4.37. The number of aliphatic carboxylic acids is 2. The van der Waals surface area contributed by atoms with Gasteiger partial charge in [0.25, 0.3) is 5.91 Å². The first-order valence-electron chi connectivity index (χ1n) is 11.0. The fourth-order valence-corrected chi connectivity index (χ4v) is 4.21. The van der Waals surface area contributed by atoms with Crippen LogP contribution >= 0.6 is 0 Å². The number of carboxylic acid groups (broad SMARTS) is 2. The second kappa shape index (κ2) is 9.29. The molecule has 1 amide bonds. The van der Waals surface area contributed by atoms with Crippen LogP contribution in [0.1, 0.15) is 22.3 Å². The Hall–Kier alpha value is -5.06. The predicted octanol–water partition coefficient (Wildman–Crippen LogP) is 2.68. The number of benzene rings is 3. The molecule has 0 aliphatic carbocycles. The van der Waals surface area contributed by atoms with Crippen LogP contribution in [0.25, 0.3) is 33.2 Å². The number of nitrogens with one attached hydrogen (secondary N) is 2. The quantitative estimate of drug-likeness (QED) is 0.261. The standard InChI is InChI=1S/C25H20N6O5/c32-22(33)12-19(25(35)36)26-24(34)15-7-5-14(6-8-15)13-31-20-4-2-1-3-17(20)18-11-16(9-10-21(18)31)23-27-29-30-28-23/h1-11,19H,12-13H2,(H,26,34)(H,32,33)(H,35,36)(H,27,28,29,30). The van der Waals surface area contributed by atoms with Crippen molar-refractivity contribution < 1.29 is 24.6 Å². The first kappa shape index (κ1) is 22.7. The maximum absolute atomic E-state index is 12.5. The highest BCUT2D eigenvalue weighted by Gasteiger charge is 2.23. The number of para-hydroxylation sites is 1. The third-order valence-electron chi connectivity index (χ3n) is 5.91. The molecule has 0 bridgehead atoms. The molecular formula is C25H20N6O5. The summed E-state index contributed by atoms with van der Waals surface area (Å²) in [6, 6.07) is 19.3. The molecule has 0 fully saturated rings. The Kier molecular flexibility index (Phi) is 5.87. The Morgan fingerprint density at radius 3 is 2.39 bits per heavy atom. The van der Waals surface area contributed by atoms with E-state index in [9.17, 15) is 14.4 Å². The Balaban J connectivity index is 1.43. The molecule has 36 heavy (non-hydrogen) atoms. The van der Waals surface area contributed by atoms with Crippen molar-refractivity contribution in [1.29, 1.82) is 0 Å². The second-order valence-corrected chi connectivity index (χ2v) is 8.23. The molecule has 0 saturated heterocycles. The van der Waals surface area contributed by atoms with Gasteiger partial charge in [0, 0.05) is 39.5 Å². The van der Waals surface area contributed by atoms with Crippen molar-refractivity contribution in [2.75, 3.05) is 0 Å². The summed E-state index contributed by atoms with van der Waals surface area (Å²) >= 11 is 0. The summed E-state index contributed by atoms with van der Waals surface area (Å²) in [4.78, 5) is 34.6. The Bertz CT molecular complexity index is 1590. The lowest BCUT2D eigenvalue weighted by Crippen LogP contribution is -2.42. The van der Waals surface area contributed by atoms with Crippen LogP contribution in [0.15, 0.2) is 66.7 Å². The zero-order valence-electron chi connectivity index (χ0n) is 18.8. The van der Waals surface area contributed by atoms with E-state index in [4.69, 9.17) is 10.2 Å². The van der Waals surface area contributed by atoms with Crippen molar-refractivity contribution in [3.63, 3.8) is 0 Å². The smallest absolute Gasteiger partial charge is 0.326 e. The van der Waals surface area contributed by atoms with E-state index in [0.29, 0.717) is 12.4 Å². The maximum Gasteiger partial charge on any atom is 0.326 e. The summed E-state index contributed by atoms with van der Waals surface area (Å²) in [7, 11) is 0. The highest BCUT2D eigenvalue weighted by molar-refractivity contribution is 6.09. The van der Waals surface area contributed by atoms with Crippen molar-refractivity contribution in [2.24, 2.45) is 0 Å². The highest BCUT2D eigenvalue weighted by Crippen LogP contribution is 2.32. The number of nitrogens with zero attached hydrogens (tertiary/aromatic N) is 4. The highest BCUT2D eigenvalue weighted by atomic mass is 16.4. The number of tetrazole rings is 1. The summed E-state index contributed by atoms with van der Waals surface area (Å²) in [5.41, 5.74) is 4.07. The van der Waals surface area contributed by atoms with E-state index >= 15 is 0 Å². The van der Waals surface area contributed by atoms with Crippen molar-refractivity contribution in [3.05, 3.63) is 77.9 Å². The topological polar surface area (TPSA) is 163 Å². The first-order chi connectivity index (χ1) is 17.4. The fraction of sp³-hybridized carbons (Fsp3) is 0.120. The first-order valence-corrected chi connectivity index (χ1v) is 11.0. The lowest BCUT2D eigenvalue weighted by Gasteiger charge is -2.13. The molecule has 0 aliphatic rings. The van der Waals surface area contributed by atoms with Gasteiger partial charge >= 0.3 is 11.9 Å². The zero-order valence-corrected chi connectivity index (χ0v) is 18.8. The normalized spacial score (nSPS) is 12.0. The number of carboxylic acids is 2. The Labute approximate surface area is 203 Å². The van der Waals surface area contributed by atoms with Crippen LogP contribution < -0.4 is 5.32 Å². The van der Waals surface area contributed by atoms with Gasteiger partial charge in [-0.3, -0.25) is 9.59 Å². The van der Waals surface area contributed by atoms with Crippen molar-refractivity contribution in [3.8, 4) is 11.4 Å². The van der Waals surface area contributed by atoms with Crippen molar-refractivity contribution in [1.82, 2.24) is 30.5 Å². The summed E-state index contributed by atoms with van der Waals surface area (Å²) in [6.07, 6.45) is -0.707. The molecule has 2 aromatic heterocycles. The van der Waals surface area contributed by atoms with Gasteiger partial charge in [0.2, 0.25) is 5.82 Å². The molecule has 0 aliphatic heterocycles. The number of fused-ring (bicyclic) bond motifs is 3. The number of carbonyl (C=O) groups excluding carboxylic acids is 1. The average molecular weight is 484 g/mol. The summed E-state index contributed by atoms with van der Waals surface area (Å²) < 4.78 is 2.17. The molecule has 4 N–H and O–H groups in total. The van der Waals surface area contributed by atoms with Gasteiger partial charge in [0.1, 0.15) is 6.04 Å². The summed E-state index contributed by atoms with van der Waals surface area (Å²) in [6.45, 7) is 0.532. The molecule has 1 atom stereocenters. The van der Waals surface area contributed by atoms with Crippen LogP contribution in [0.5, 0.6) is 0 Å². The molecule has 0 spiro atoms. The van der Waals surface area contributed by atoms with Crippen LogP contribution in [0.2, 0.25) is 0 Å². The lowest BCUT2D eigenvalue weighted by molar-refractivity contribution is -0.145. The van der Waals surface area contributed by atoms with E-state index in [2.05, 4.69) is 36.6 Å². The van der Waals surface area contributed by atoms with Crippen LogP contribution in [0.4, 0.5) is 0 Å². The number of rotatable bonds is 8.